The fourth-order valence-electron chi connectivity index (χ4n) is 2.40. The molecule has 4 rings (SSSR count). The van der Waals surface area contributed by atoms with Crippen molar-refractivity contribution in [3.05, 3.63) is 50.8 Å². The number of aromatic amines is 1. The average molecular weight is 377 g/mol. The second kappa shape index (κ2) is 4.01. The lowest BCUT2D eigenvalue weighted by Crippen LogP contribution is -1.93. The largest absolute Gasteiger partial charge is 0.331 e. The zero-order valence-electron chi connectivity index (χ0n) is 9.72. The number of nitrogens with one attached hydrogen (secondary N) is 1. The number of H-pyrrole nitrogens is 1. The third kappa shape index (κ3) is 1.61. The molecule has 3 nitrogen and oxygen atoms in total. The first kappa shape index (κ1) is 11.4. The number of imidazole rings is 1. The third-order valence-corrected chi connectivity index (χ3v) is 4.18. The standard InChI is InChI=1S/C14H8IN3S/c15-8-5-6-9-11(7-8)17-14(19)18-12-4-2-1-3-10(12)16-13(9)18/h1-7H,(H,17,19). The molecule has 19 heavy (non-hydrogen) atoms. The minimum Gasteiger partial charge on any atom is -0.331 e. The van der Waals surface area contributed by atoms with E-state index in [0.717, 1.165) is 27.6 Å². The highest BCUT2D eigenvalue weighted by Gasteiger charge is 2.09. The highest BCUT2D eigenvalue weighted by atomic mass is 127. The van der Waals surface area contributed by atoms with Gasteiger partial charge in [-0.05, 0) is 65.1 Å². The molecule has 0 atom stereocenters. The molecule has 0 aliphatic carbocycles. The van der Waals surface area contributed by atoms with Crippen molar-refractivity contribution in [3.8, 4) is 0 Å². The van der Waals surface area contributed by atoms with Gasteiger partial charge in [0.15, 0.2) is 4.77 Å². The molecule has 0 unspecified atom stereocenters. The van der Waals surface area contributed by atoms with Crippen molar-refractivity contribution in [2.24, 2.45) is 0 Å². The molecule has 0 bridgehead atoms. The molecule has 4 aromatic rings. The van der Waals surface area contributed by atoms with E-state index in [0.29, 0.717) is 4.77 Å². The van der Waals surface area contributed by atoms with E-state index in [4.69, 9.17) is 17.2 Å². The Hall–Kier alpha value is -1.47. The molecule has 0 saturated carbocycles. The van der Waals surface area contributed by atoms with Crippen LogP contribution >= 0.6 is 34.8 Å². The normalized spacial score (nSPS) is 11.6. The van der Waals surface area contributed by atoms with Gasteiger partial charge < -0.3 is 4.98 Å². The van der Waals surface area contributed by atoms with Crippen LogP contribution in [-0.2, 0) is 0 Å². The summed E-state index contributed by atoms with van der Waals surface area (Å²) in [4.78, 5) is 7.99. The summed E-state index contributed by atoms with van der Waals surface area (Å²) in [5, 5.41) is 1.09. The molecule has 2 heterocycles. The van der Waals surface area contributed by atoms with Gasteiger partial charge in [0, 0.05) is 8.96 Å². The smallest absolute Gasteiger partial charge is 0.183 e. The Bertz CT molecular complexity index is 1000. The van der Waals surface area contributed by atoms with E-state index in [1.807, 2.05) is 28.7 Å². The first-order chi connectivity index (χ1) is 9.24. The van der Waals surface area contributed by atoms with E-state index in [9.17, 15) is 0 Å². The van der Waals surface area contributed by atoms with Gasteiger partial charge in [0.2, 0.25) is 0 Å². The van der Waals surface area contributed by atoms with E-state index in [2.05, 4.69) is 45.8 Å². The van der Waals surface area contributed by atoms with Crippen molar-refractivity contribution in [1.29, 1.82) is 0 Å². The fourth-order valence-corrected chi connectivity index (χ4v) is 3.18. The van der Waals surface area contributed by atoms with Crippen LogP contribution in [0.3, 0.4) is 0 Å². The quantitative estimate of drug-likeness (QED) is 0.366. The molecule has 0 amide bonds. The molecule has 0 spiro atoms. The maximum atomic E-state index is 5.47. The molecule has 5 heteroatoms. The molecule has 1 N–H and O–H groups in total. The summed E-state index contributed by atoms with van der Waals surface area (Å²) in [6.07, 6.45) is 0. The molecule has 2 aromatic carbocycles. The number of hydrogen-bond donors (Lipinski definition) is 1. The second-order valence-electron chi connectivity index (χ2n) is 4.38. The van der Waals surface area contributed by atoms with Crippen molar-refractivity contribution in [2.75, 3.05) is 0 Å². The monoisotopic (exact) mass is 377 g/mol. The van der Waals surface area contributed by atoms with E-state index in [-0.39, 0.29) is 0 Å². The minimum atomic E-state index is 0.679. The van der Waals surface area contributed by atoms with Crippen molar-refractivity contribution in [2.45, 2.75) is 0 Å². The number of aromatic nitrogens is 3. The summed E-state index contributed by atoms with van der Waals surface area (Å²) in [5.74, 6) is 0. The topological polar surface area (TPSA) is 33.1 Å². The number of hydrogen-bond acceptors (Lipinski definition) is 2. The van der Waals surface area contributed by atoms with Crippen LogP contribution in [0.4, 0.5) is 0 Å². The van der Waals surface area contributed by atoms with Crippen LogP contribution in [0.1, 0.15) is 0 Å². The summed E-state index contributed by atoms with van der Waals surface area (Å²) in [6.45, 7) is 0. The fraction of sp³-hybridized carbons (Fsp3) is 0. The van der Waals surface area contributed by atoms with Crippen LogP contribution in [0.5, 0.6) is 0 Å². The van der Waals surface area contributed by atoms with E-state index in [1.165, 1.54) is 3.57 Å². The number of fused-ring (bicyclic) bond motifs is 5. The van der Waals surface area contributed by atoms with Gasteiger partial charge in [-0.3, -0.25) is 4.40 Å². The van der Waals surface area contributed by atoms with Crippen molar-refractivity contribution in [3.63, 3.8) is 0 Å². The number of benzene rings is 2. The van der Waals surface area contributed by atoms with Gasteiger partial charge in [-0.25, -0.2) is 4.98 Å². The summed E-state index contributed by atoms with van der Waals surface area (Å²) in [6, 6.07) is 14.3. The number of halogens is 1. The highest BCUT2D eigenvalue weighted by Crippen LogP contribution is 2.24. The molecule has 0 saturated heterocycles. The van der Waals surface area contributed by atoms with Crippen LogP contribution in [0, 0.1) is 8.34 Å². The molecule has 0 aliphatic heterocycles. The van der Waals surface area contributed by atoms with Crippen molar-refractivity contribution >= 4 is 62.4 Å². The molecular weight excluding hydrogens is 369 g/mol. The Morgan fingerprint density at radius 3 is 2.89 bits per heavy atom. The summed E-state index contributed by atoms with van der Waals surface area (Å²) in [5.41, 5.74) is 3.95. The van der Waals surface area contributed by atoms with Gasteiger partial charge in [-0.2, -0.15) is 0 Å². The maximum absolute atomic E-state index is 5.47. The lowest BCUT2D eigenvalue weighted by atomic mass is 10.2. The van der Waals surface area contributed by atoms with Crippen LogP contribution in [-0.4, -0.2) is 14.4 Å². The number of para-hydroxylation sites is 2. The van der Waals surface area contributed by atoms with Crippen LogP contribution in [0.25, 0.3) is 27.6 Å². The van der Waals surface area contributed by atoms with Crippen LogP contribution in [0.2, 0.25) is 0 Å². The number of nitrogens with zero attached hydrogens (tertiary/aromatic N) is 2. The first-order valence-corrected chi connectivity index (χ1v) is 7.31. The highest BCUT2D eigenvalue weighted by molar-refractivity contribution is 14.1. The Morgan fingerprint density at radius 1 is 1.16 bits per heavy atom. The van der Waals surface area contributed by atoms with Gasteiger partial charge in [0.25, 0.3) is 0 Å². The predicted molar refractivity (Wildman–Crippen MR) is 88.1 cm³/mol. The lowest BCUT2D eigenvalue weighted by molar-refractivity contribution is 1.12. The van der Waals surface area contributed by atoms with Gasteiger partial charge in [-0.1, -0.05) is 12.1 Å². The van der Waals surface area contributed by atoms with Crippen LogP contribution in [0.15, 0.2) is 42.5 Å². The van der Waals surface area contributed by atoms with Gasteiger partial charge in [-0.15, -0.1) is 0 Å². The summed E-state index contributed by atoms with van der Waals surface area (Å²) in [7, 11) is 0. The van der Waals surface area contributed by atoms with Gasteiger partial charge >= 0.3 is 0 Å². The molecule has 0 aliphatic rings. The first-order valence-electron chi connectivity index (χ1n) is 5.83. The van der Waals surface area contributed by atoms with Crippen molar-refractivity contribution in [1.82, 2.24) is 14.4 Å². The van der Waals surface area contributed by atoms with E-state index in [1.54, 1.807) is 0 Å². The van der Waals surface area contributed by atoms with E-state index >= 15 is 0 Å². The van der Waals surface area contributed by atoms with E-state index < -0.39 is 0 Å². The summed E-state index contributed by atoms with van der Waals surface area (Å²) >= 11 is 7.77. The van der Waals surface area contributed by atoms with Gasteiger partial charge in [0.05, 0.1) is 16.6 Å². The zero-order chi connectivity index (χ0) is 13.0. The third-order valence-electron chi connectivity index (χ3n) is 3.23. The van der Waals surface area contributed by atoms with Crippen LogP contribution < -0.4 is 0 Å². The molecule has 0 radical (unpaired) electrons. The lowest BCUT2D eigenvalue weighted by Gasteiger charge is -2.02. The molecule has 0 fully saturated rings. The van der Waals surface area contributed by atoms with Gasteiger partial charge in [0.1, 0.15) is 5.65 Å². The minimum absolute atomic E-state index is 0.679. The Labute approximate surface area is 127 Å². The zero-order valence-corrected chi connectivity index (χ0v) is 12.7. The molecular formula is C14H8IN3S. The molecule has 92 valence electrons. The molecule has 2 aromatic heterocycles. The Morgan fingerprint density at radius 2 is 2.00 bits per heavy atom. The van der Waals surface area contributed by atoms with Crippen molar-refractivity contribution < 1.29 is 0 Å². The Balaban J connectivity index is 2.36. The maximum Gasteiger partial charge on any atom is 0.183 e. The number of rotatable bonds is 0. The average Bonchev–Trinajstić information content (AvgIpc) is 2.78. The Kier molecular flexibility index (Phi) is 2.40. The summed E-state index contributed by atoms with van der Waals surface area (Å²) < 4.78 is 3.86. The second-order valence-corrected chi connectivity index (χ2v) is 6.01. The SMILES string of the molecule is S=c1[nH]c2cc(I)ccc2c2nc3ccccc3n12. The predicted octanol–water partition coefficient (Wildman–Crippen LogP) is 4.30.